The Hall–Kier alpha value is -1.91. The molecule has 0 atom stereocenters. The predicted molar refractivity (Wildman–Crippen MR) is 63.5 cm³/mol. The summed E-state index contributed by atoms with van der Waals surface area (Å²) >= 11 is 2.15. The van der Waals surface area contributed by atoms with E-state index in [0.29, 0.717) is 0 Å². The topological polar surface area (TPSA) is 12.0 Å². The minimum absolute atomic E-state index is 0.973. The largest absolute Gasteiger partial charge is 0.346 e. The fraction of sp³-hybridized carbons (Fsp3) is 0. The maximum Gasteiger partial charge on any atom is 0.200 e. The molecular weight excluding hydrogens is 409 g/mol. The maximum atomic E-state index is 13.7. The van der Waals surface area contributed by atoms with E-state index in [-0.39, 0.29) is 0 Å². The maximum absolute atomic E-state index is 13.7. The van der Waals surface area contributed by atoms with Crippen molar-refractivity contribution in [2.45, 2.75) is 0 Å². The Morgan fingerprint density at radius 3 is 1.13 bits per heavy atom. The van der Waals surface area contributed by atoms with Crippen molar-refractivity contribution in [2.24, 2.45) is 0 Å². The summed E-state index contributed by atoms with van der Waals surface area (Å²) in [5.41, 5.74) is -4.14. The van der Waals surface area contributed by atoms with E-state index in [4.69, 9.17) is 1.41 Å². The van der Waals surface area contributed by atoms with Crippen LogP contribution in [-0.4, -0.2) is 0 Å². The Morgan fingerprint density at radius 1 is 0.522 bits per heavy atom. The van der Waals surface area contributed by atoms with Crippen LogP contribution in [0.5, 0.6) is 0 Å². The van der Waals surface area contributed by atoms with Gasteiger partial charge in [0.25, 0.3) is 0 Å². The van der Waals surface area contributed by atoms with E-state index in [1.807, 2.05) is 0 Å². The number of benzene rings is 2. The quantitative estimate of drug-likeness (QED) is 0.394. The van der Waals surface area contributed by atoms with Gasteiger partial charge in [0.05, 0.1) is 4.47 Å². The summed E-state index contributed by atoms with van der Waals surface area (Å²) in [4.78, 5) is 0. The van der Waals surface area contributed by atoms with Crippen molar-refractivity contribution in [3.63, 3.8) is 0 Å². The number of nitrogens with one attached hydrogen (secondary N) is 1. The fourth-order valence-corrected chi connectivity index (χ4v) is 1.84. The fourth-order valence-electron chi connectivity index (χ4n) is 1.49. The lowest BCUT2D eigenvalue weighted by molar-refractivity contribution is 0.381. The van der Waals surface area contributed by atoms with Crippen molar-refractivity contribution in [1.29, 1.82) is 0 Å². The highest BCUT2D eigenvalue weighted by atomic mass is 79.9. The van der Waals surface area contributed by atoms with Crippen molar-refractivity contribution < 1.29 is 40.9 Å². The molecule has 124 valence electrons. The van der Waals surface area contributed by atoms with Crippen LogP contribution in [0.25, 0.3) is 0 Å². The Bertz CT molecular complexity index is 730. The smallest absolute Gasteiger partial charge is 0.200 e. The van der Waals surface area contributed by atoms with Gasteiger partial charge in [-0.25, -0.2) is 39.5 Å². The van der Waals surface area contributed by atoms with Gasteiger partial charge >= 0.3 is 0 Å². The van der Waals surface area contributed by atoms with E-state index >= 15 is 0 Å². The molecule has 0 aliphatic heterocycles. The van der Waals surface area contributed by atoms with Crippen LogP contribution in [-0.2, 0) is 0 Å². The van der Waals surface area contributed by atoms with E-state index in [2.05, 4.69) is 15.9 Å². The molecule has 0 aromatic heterocycles. The number of hydrogen-bond acceptors (Lipinski definition) is 1. The van der Waals surface area contributed by atoms with Gasteiger partial charge in [-0.15, -0.1) is 0 Å². The first-order valence-corrected chi connectivity index (χ1v) is 6.13. The zero-order chi connectivity index (χ0) is 18.5. The molecule has 0 saturated carbocycles. The van der Waals surface area contributed by atoms with Crippen molar-refractivity contribution in [3.8, 4) is 0 Å². The summed E-state index contributed by atoms with van der Waals surface area (Å²) in [7, 11) is 0. The molecule has 1 N–H and O–H groups in total. The van der Waals surface area contributed by atoms with E-state index in [1.165, 1.54) is 0 Å². The highest BCUT2D eigenvalue weighted by Crippen LogP contribution is 2.35. The molecular formula is C12HBrF9N. The van der Waals surface area contributed by atoms with E-state index in [0.717, 1.165) is 0 Å². The second kappa shape index (κ2) is 5.95. The van der Waals surface area contributed by atoms with Crippen LogP contribution < -0.4 is 5.31 Å². The zero-order valence-corrected chi connectivity index (χ0v) is 11.8. The minimum Gasteiger partial charge on any atom is -0.346 e. The minimum atomic E-state index is -2.60. The van der Waals surface area contributed by atoms with Crippen molar-refractivity contribution in [3.05, 3.63) is 56.8 Å². The van der Waals surface area contributed by atoms with Crippen LogP contribution in [0, 0.1) is 52.4 Å². The van der Waals surface area contributed by atoms with Gasteiger partial charge in [0, 0.05) is 0 Å². The molecule has 11 heteroatoms. The SMILES string of the molecule is [3H]N(c1c(F)c(F)c(F)c(F)c1F)c1c(F)c(F)c(Br)c(F)c1F. The standard InChI is InChI=1S/C12HBrF9N/c13-1-2(14)7(19)11(8(20)3(1)15)23-12-9(21)5(17)4(16)6(18)10(12)22/h23H/i/hT. The zero-order valence-electron chi connectivity index (χ0n) is 11.2. The molecule has 0 radical (unpaired) electrons. The van der Waals surface area contributed by atoms with Gasteiger partial charge < -0.3 is 5.31 Å². The lowest BCUT2D eigenvalue weighted by Crippen LogP contribution is -2.10. The Kier molecular flexibility index (Phi) is 4.13. The molecule has 0 unspecified atom stereocenters. The second-order valence-electron chi connectivity index (χ2n) is 3.95. The molecule has 2 rings (SSSR count). The predicted octanol–water partition coefficient (Wildman–Crippen LogP) is 5.44. The van der Waals surface area contributed by atoms with Gasteiger partial charge in [0.2, 0.25) is 5.82 Å². The Morgan fingerprint density at radius 2 is 0.783 bits per heavy atom. The molecule has 2 aromatic rings. The number of halogens is 10. The van der Waals surface area contributed by atoms with Gasteiger partial charge in [-0.3, -0.25) is 0 Å². The van der Waals surface area contributed by atoms with Crippen LogP contribution in [0.2, 0.25) is 1.41 Å². The Labute approximate surface area is 131 Å². The number of rotatable bonds is 2. The molecule has 0 fully saturated rings. The molecule has 0 bridgehead atoms. The summed E-state index contributed by atoms with van der Waals surface area (Å²) in [5, 5.41) is -0.973. The number of anilines is 2. The van der Waals surface area contributed by atoms with Crippen molar-refractivity contribution >= 4 is 27.3 Å². The van der Waals surface area contributed by atoms with Gasteiger partial charge in [0.15, 0.2) is 47.9 Å². The first kappa shape index (κ1) is 16.0. The van der Waals surface area contributed by atoms with Gasteiger partial charge in [-0.1, -0.05) is 0 Å². The molecule has 0 amide bonds. The van der Waals surface area contributed by atoms with Gasteiger partial charge in [-0.2, -0.15) is 0 Å². The summed E-state index contributed by atoms with van der Waals surface area (Å²) in [6.45, 7) is 0. The van der Waals surface area contributed by atoms with Crippen molar-refractivity contribution in [2.75, 3.05) is 5.31 Å². The molecule has 0 saturated heterocycles. The summed E-state index contributed by atoms with van der Waals surface area (Å²) in [6, 6.07) is 0. The molecule has 23 heavy (non-hydrogen) atoms. The number of hydrogen-bond donors (Lipinski definition) is 1. The van der Waals surface area contributed by atoms with Crippen LogP contribution in [0.1, 0.15) is 0 Å². The first-order chi connectivity index (χ1) is 11.0. The summed E-state index contributed by atoms with van der Waals surface area (Å²) < 4.78 is 126. The third-order valence-corrected chi connectivity index (χ3v) is 3.29. The van der Waals surface area contributed by atoms with E-state index in [1.54, 1.807) is 0 Å². The lowest BCUT2D eigenvalue weighted by atomic mass is 10.2. The molecule has 0 spiro atoms. The average molecular weight is 412 g/mol. The van der Waals surface area contributed by atoms with E-state index in [9.17, 15) is 39.5 Å². The molecule has 0 heterocycles. The highest BCUT2D eigenvalue weighted by Gasteiger charge is 2.29. The summed E-state index contributed by atoms with van der Waals surface area (Å²) in [6.07, 6.45) is 0. The average Bonchev–Trinajstić information content (AvgIpc) is 2.55. The first-order valence-electron chi connectivity index (χ1n) is 5.78. The highest BCUT2D eigenvalue weighted by molar-refractivity contribution is 9.10. The third-order valence-electron chi connectivity index (χ3n) is 2.60. The molecule has 2 aromatic carbocycles. The lowest BCUT2D eigenvalue weighted by Gasteiger charge is -2.13. The van der Waals surface area contributed by atoms with Crippen LogP contribution in [0.3, 0.4) is 0 Å². The molecule has 0 aliphatic carbocycles. The monoisotopic (exact) mass is 411 g/mol. The van der Waals surface area contributed by atoms with Gasteiger partial charge in [-0.05, 0) is 15.9 Å². The van der Waals surface area contributed by atoms with Crippen molar-refractivity contribution in [1.82, 2.24) is 0 Å². The molecule has 0 aliphatic rings. The normalized spacial score (nSPS) is 11.7. The molecule has 1 nitrogen and oxygen atoms in total. The second-order valence-corrected chi connectivity index (χ2v) is 4.74. The van der Waals surface area contributed by atoms with Crippen LogP contribution in [0.4, 0.5) is 50.9 Å². The van der Waals surface area contributed by atoms with Crippen LogP contribution in [0.15, 0.2) is 4.47 Å². The van der Waals surface area contributed by atoms with E-state index < -0.39 is 73.5 Å². The summed E-state index contributed by atoms with van der Waals surface area (Å²) in [5.74, 6) is -21.6. The van der Waals surface area contributed by atoms with Gasteiger partial charge in [0.1, 0.15) is 11.4 Å². The Balaban J connectivity index is 2.84. The third kappa shape index (κ3) is 2.62. The van der Waals surface area contributed by atoms with Crippen LogP contribution >= 0.6 is 15.9 Å².